The lowest BCUT2D eigenvalue weighted by Crippen LogP contribution is -2.34. The number of carbonyl (C=O) groups is 2. The van der Waals surface area contributed by atoms with Gasteiger partial charge in [-0.2, -0.15) is 0 Å². The van der Waals surface area contributed by atoms with Crippen LogP contribution in [0.1, 0.15) is 31.2 Å². The quantitative estimate of drug-likeness (QED) is 0.889. The van der Waals surface area contributed by atoms with Crippen LogP contribution in [0, 0.1) is 17.7 Å². The number of amides is 1. The van der Waals surface area contributed by atoms with Gasteiger partial charge in [-0.3, -0.25) is 9.59 Å². The molecule has 1 aliphatic rings. The van der Waals surface area contributed by atoms with E-state index in [1.54, 1.807) is 12.1 Å². The van der Waals surface area contributed by atoms with E-state index in [2.05, 4.69) is 5.32 Å². The van der Waals surface area contributed by atoms with E-state index in [4.69, 9.17) is 5.11 Å². The minimum atomic E-state index is -0.774. The zero-order chi connectivity index (χ0) is 14.5. The minimum Gasteiger partial charge on any atom is -0.481 e. The third-order valence-corrected chi connectivity index (χ3v) is 3.80. The van der Waals surface area contributed by atoms with Gasteiger partial charge in [0.1, 0.15) is 5.82 Å². The average Bonchev–Trinajstić information content (AvgIpc) is 2.45. The number of benzene rings is 1. The van der Waals surface area contributed by atoms with Crippen LogP contribution < -0.4 is 5.32 Å². The van der Waals surface area contributed by atoms with Crippen LogP contribution >= 0.6 is 0 Å². The molecule has 2 rings (SSSR count). The highest BCUT2D eigenvalue weighted by molar-refractivity contribution is 5.79. The van der Waals surface area contributed by atoms with Gasteiger partial charge in [-0.1, -0.05) is 12.1 Å². The summed E-state index contributed by atoms with van der Waals surface area (Å²) in [7, 11) is 0. The summed E-state index contributed by atoms with van der Waals surface area (Å²) in [6.07, 6.45) is 2.30. The summed E-state index contributed by atoms with van der Waals surface area (Å²) in [6, 6.07) is 6.11. The van der Waals surface area contributed by atoms with Crippen molar-refractivity contribution in [1.29, 1.82) is 0 Å². The molecule has 0 atom stereocenters. The third-order valence-electron chi connectivity index (χ3n) is 3.80. The van der Waals surface area contributed by atoms with Gasteiger partial charge in [0.15, 0.2) is 0 Å². The zero-order valence-electron chi connectivity index (χ0n) is 11.1. The predicted molar refractivity (Wildman–Crippen MR) is 71.3 cm³/mol. The topological polar surface area (TPSA) is 66.4 Å². The van der Waals surface area contributed by atoms with Gasteiger partial charge >= 0.3 is 5.97 Å². The molecule has 0 radical (unpaired) electrons. The summed E-state index contributed by atoms with van der Waals surface area (Å²) >= 11 is 0. The summed E-state index contributed by atoms with van der Waals surface area (Å²) < 4.78 is 13.0. The van der Waals surface area contributed by atoms with Gasteiger partial charge in [-0.25, -0.2) is 4.39 Å². The van der Waals surface area contributed by atoms with Crippen molar-refractivity contribution in [3.05, 3.63) is 35.6 Å². The first-order valence-corrected chi connectivity index (χ1v) is 6.81. The summed E-state index contributed by atoms with van der Waals surface area (Å²) in [5.41, 5.74) is 0.720. The Morgan fingerprint density at radius 3 is 2.45 bits per heavy atom. The van der Waals surface area contributed by atoms with Crippen LogP contribution in [0.15, 0.2) is 24.3 Å². The second-order valence-corrected chi connectivity index (χ2v) is 5.23. The molecule has 0 aliphatic heterocycles. The number of hydrogen-bond acceptors (Lipinski definition) is 2. The van der Waals surface area contributed by atoms with Crippen molar-refractivity contribution in [2.45, 2.75) is 32.2 Å². The molecule has 0 spiro atoms. The van der Waals surface area contributed by atoms with E-state index in [0.717, 1.165) is 5.56 Å². The number of aliphatic carboxylic acids is 1. The number of carboxylic acid groups (broad SMARTS) is 1. The highest BCUT2D eigenvalue weighted by Crippen LogP contribution is 2.29. The average molecular weight is 279 g/mol. The molecule has 1 aliphatic carbocycles. The van der Waals surface area contributed by atoms with E-state index in [-0.39, 0.29) is 23.6 Å². The standard InChI is InChI=1S/C15H18FNO3/c16-13-3-1-2-10(8-13)9-17-14(18)11-4-6-12(7-5-11)15(19)20/h1-3,8,11-12H,4-7,9H2,(H,17,18)(H,19,20). The minimum absolute atomic E-state index is 0.0712. The molecule has 2 N–H and O–H groups in total. The number of carboxylic acids is 1. The maximum absolute atomic E-state index is 13.0. The molecule has 4 nitrogen and oxygen atoms in total. The molecular weight excluding hydrogens is 261 g/mol. The van der Waals surface area contributed by atoms with Crippen LogP contribution in [0.5, 0.6) is 0 Å². The predicted octanol–water partition coefficient (Wildman–Crippen LogP) is 2.33. The molecule has 0 unspecified atom stereocenters. The van der Waals surface area contributed by atoms with Crippen LogP contribution in [0.2, 0.25) is 0 Å². The summed E-state index contributed by atoms with van der Waals surface area (Å²) in [5.74, 6) is -1.61. The van der Waals surface area contributed by atoms with Crippen LogP contribution in [0.4, 0.5) is 4.39 Å². The first-order chi connectivity index (χ1) is 9.56. The molecule has 0 saturated heterocycles. The van der Waals surface area contributed by atoms with Crippen molar-refractivity contribution in [1.82, 2.24) is 5.32 Å². The van der Waals surface area contributed by atoms with Crippen molar-refractivity contribution in [2.24, 2.45) is 11.8 Å². The normalized spacial score (nSPS) is 22.2. The fourth-order valence-electron chi connectivity index (χ4n) is 2.58. The maximum atomic E-state index is 13.0. The maximum Gasteiger partial charge on any atom is 0.306 e. The lowest BCUT2D eigenvalue weighted by molar-refractivity contribution is -0.144. The van der Waals surface area contributed by atoms with Crippen molar-refractivity contribution in [2.75, 3.05) is 0 Å². The van der Waals surface area contributed by atoms with Gasteiger partial charge in [0.2, 0.25) is 5.91 Å². The molecule has 1 saturated carbocycles. The lowest BCUT2D eigenvalue weighted by atomic mass is 9.81. The van der Waals surface area contributed by atoms with E-state index < -0.39 is 5.97 Å². The Balaban J connectivity index is 1.80. The van der Waals surface area contributed by atoms with E-state index in [0.29, 0.717) is 32.2 Å². The summed E-state index contributed by atoms with van der Waals surface area (Å²) in [5, 5.41) is 11.7. The largest absolute Gasteiger partial charge is 0.481 e. The van der Waals surface area contributed by atoms with Gasteiger partial charge in [-0.05, 0) is 43.4 Å². The lowest BCUT2D eigenvalue weighted by Gasteiger charge is -2.25. The number of rotatable bonds is 4. The first kappa shape index (κ1) is 14.5. The Morgan fingerprint density at radius 2 is 1.85 bits per heavy atom. The molecule has 1 aromatic carbocycles. The van der Waals surface area contributed by atoms with Crippen molar-refractivity contribution in [3.63, 3.8) is 0 Å². The van der Waals surface area contributed by atoms with E-state index in [1.165, 1.54) is 12.1 Å². The fourth-order valence-corrected chi connectivity index (χ4v) is 2.58. The van der Waals surface area contributed by atoms with Crippen LogP contribution in [-0.4, -0.2) is 17.0 Å². The van der Waals surface area contributed by atoms with Crippen LogP contribution in [-0.2, 0) is 16.1 Å². The summed E-state index contributed by atoms with van der Waals surface area (Å²) in [6.45, 7) is 0.301. The molecular formula is C15H18FNO3. The number of nitrogens with one attached hydrogen (secondary N) is 1. The van der Waals surface area contributed by atoms with Gasteiger partial charge in [0.25, 0.3) is 0 Å². The molecule has 0 bridgehead atoms. The van der Waals surface area contributed by atoms with E-state index in [1.807, 2.05) is 0 Å². The Morgan fingerprint density at radius 1 is 1.20 bits per heavy atom. The molecule has 0 aromatic heterocycles. The third kappa shape index (κ3) is 3.79. The highest BCUT2D eigenvalue weighted by atomic mass is 19.1. The Kier molecular flexibility index (Phi) is 4.71. The smallest absolute Gasteiger partial charge is 0.306 e. The van der Waals surface area contributed by atoms with Gasteiger partial charge in [0, 0.05) is 12.5 Å². The number of hydrogen-bond donors (Lipinski definition) is 2. The van der Waals surface area contributed by atoms with Crippen LogP contribution in [0.25, 0.3) is 0 Å². The molecule has 1 amide bonds. The SMILES string of the molecule is O=C(O)C1CCC(C(=O)NCc2cccc(F)c2)CC1. The van der Waals surface area contributed by atoms with Crippen molar-refractivity contribution in [3.8, 4) is 0 Å². The monoisotopic (exact) mass is 279 g/mol. The second kappa shape index (κ2) is 6.50. The van der Waals surface area contributed by atoms with Gasteiger partial charge in [0.05, 0.1) is 5.92 Å². The molecule has 5 heteroatoms. The van der Waals surface area contributed by atoms with Gasteiger partial charge in [-0.15, -0.1) is 0 Å². The Bertz CT molecular complexity index is 496. The zero-order valence-corrected chi connectivity index (χ0v) is 11.1. The highest BCUT2D eigenvalue weighted by Gasteiger charge is 2.29. The molecule has 108 valence electrons. The Hall–Kier alpha value is -1.91. The number of carbonyl (C=O) groups excluding carboxylic acids is 1. The van der Waals surface area contributed by atoms with Crippen molar-refractivity contribution < 1.29 is 19.1 Å². The second-order valence-electron chi connectivity index (χ2n) is 5.23. The molecule has 1 fully saturated rings. The first-order valence-electron chi connectivity index (χ1n) is 6.81. The molecule has 1 aromatic rings. The Labute approximate surface area is 117 Å². The van der Waals surface area contributed by atoms with Crippen LogP contribution in [0.3, 0.4) is 0 Å². The molecule has 0 heterocycles. The summed E-state index contributed by atoms with van der Waals surface area (Å²) in [4.78, 5) is 22.8. The molecule has 20 heavy (non-hydrogen) atoms. The van der Waals surface area contributed by atoms with Gasteiger partial charge < -0.3 is 10.4 Å². The van der Waals surface area contributed by atoms with Crippen molar-refractivity contribution >= 4 is 11.9 Å². The number of halogens is 1. The van der Waals surface area contributed by atoms with E-state index in [9.17, 15) is 14.0 Å². The van der Waals surface area contributed by atoms with E-state index >= 15 is 0 Å². The fraction of sp³-hybridized carbons (Fsp3) is 0.467.